The SMILES string of the molecule is COCc1ncc(C)n1CC1CCCN(C(=O)NCC(C)C)C1. The second kappa shape index (κ2) is 8.34. The van der Waals surface area contributed by atoms with Gasteiger partial charge in [0.15, 0.2) is 0 Å². The minimum Gasteiger partial charge on any atom is -0.377 e. The van der Waals surface area contributed by atoms with E-state index in [1.807, 2.05) is 11.1 Å². The number of piperidine rings is 1. The maximum absolute atomic E-state index is 12.3. The first-order chi connectivity index (χ1) is 11.0. The Bertz CT molecular complexity index is 513. The van der Waals surface area contributed by atoms with Crippen molar-refractivity contribution in [3.05, 3.63) is 17.7 Å². The van der Waals surface area contributed by atoms with Crippen LogP contribution >= 0.6 is 0 Å². The second-order valence-corrected chi connectivity index (χ2v) is 6.89. The van der Waals surface area contributed by atoms with Gasteiger partial charge in [-0.1, -0.05) is 13.8 Å². The van der Waals surface area contributed by atoms with Crippen LogP contribution < -0.4 is 5.32 Å². The standard InChI is InChI=1S/C17H30N4O2/c1-13(2)8-19-17(22)20-7-5-6-15(10-20)11-21-14(3)9-18-16(21)12-23-4/h9,13,15H,5-8,10-12H2,1-4H3,(H,19,22). The molecule has 2 heterocycles. The third-order valence-electron chi connectivity index (χ3n) is 4.32. The zero-order valence-corrected chi connectivity index (χ0v) is 14.8. The summed E-state index contributed by atoms with van der Waals surface area (Å²) in [7, 11) is 1.69. The first-order valence-electron chi connectivity index (χ1n) is 8.54. The van der Waals surface area contributed by atoms with Gasteiger partial charge in [0.25, 0.3) is 0 Å². The van der Waals surface area contributed by atoms with Crippen molar-refractivity contribution in [1.82, 2.24) is 19.8 Å². The normalized spacial score (nSPS) is 18.5. The van der Waals surface area contributed by atoms with Crippen LogP contribution in [0.4, 0.5) is 4.79 Å². The maximum Gasteiger partial charge on any atom is 0.317 e. The molecule has 1 aliphatic heterocycles. The van der Waals surface area contributed by atoms with E-state index in [1.165, 1.54) is 0 Å². The van der Waals surface area contributed by atoms with Crippen LogP contribution in [0.5, 0.6) is 0 Å². The van der Waals surface area contributed by atoms with Gasteiger partial charge >= 0.3 is 6.03 Å². The average Bonchev–Trinajstić information content (AvgIpc) is 2.86. The molecule has 1 aromatic heterocycles. The summed E-state index contributed by atoms with van der Waals surface area (Å²) < 4.78 is 7.45. The molecular weight excluding hydrogens is 292 g/mol. The number of amides is 2. The summed E-state index contributed by atoms with van der Waals surface area (Å²) in [6.45, 7) is 10.1. The number of hydrogen-bond donors (Lipinski definition) is 1. The third kappa shape index (κ3) is 4.96. The second-order valence-electron chi connectivity index (χ2n) is 6.89. The molecule has 1 atom stereocenters. The van der Waals surface area contributed by atoms with Crippen molar-refractivity contribution in [3.63, 3.8) is 0 Å². The third-order valence-corrected chi connectivity index (χ3v) is 4.32. The zero-order chi connectivity index (χ0) is 16.8. The summed E-state index contributed by atoms with van der Waals surface area (Å²) in [4.78, 5) is 18.6. The van der Waals surface area contributed by atoms with Gasteiger partial charge in [-0.15, -0.1) is 0 Å². The fraction of sp³-hybridized carbons (Fsp3) is 0.765. The quantitative estimate of drug-likeness (QED) is 0.875. The highest BCUT2D eigenvalue weighted by atomic mass is 16.5. The number of carbonyl (C=O) groups is 1. The van der Waals surface area contributed by atoms with Gasteiger partial charge in [0.05, 0.1) is 0 Å². The smallest absolute Gasteiger partial charge is 0.317 e. The predicted molar refractivity (Wildman–Crippen MR) is 90.2 cm³/mol. The number of aromatic nitrogens is 2. The van der Waals surface area contributed by atoms with E-state index < -0.39 is 0 Å². The molecule has 6 heteroatoms. The first kappa shape index (κ1) is 17.8. The number of ether oxygens (including phenoxy) is 1. The predicted octanol–water partition coefficient (Wildman–Crippen LogP) is 2.42. The van der Waals surface area contributed by atoms with Gasteiger partial charge in [-0.05, 0) is 31.6 Å². The van der Waals surface area contributed by atoms with Crippen LogP contribution in [0, 0.1) is 18.8 Å². The molecule has 0 aliphatic carbocycles. The highest BCUT2D eigenvalue weighted by Gasteiger charge is 2.24. The summed E-state index contributed by atoms with van der Waals surface area (Å²) in [5, 5.41) is 3.02. The molecule has 1 N–H and O–H groups in total. The minimum absolute atomic E-state index is 0.0721. The molecule has 6 nitrogen and oxygen atoms in total. The van der Waals surface area contributed by atoms with E-state index in [9.17, 15) is 4.79 Å². The largest absolute Gasteiger partial charge is 0.377 e. The molecule has 0 aromatic carbocycles. The lowest BCUT2D eigenvalue weighted by molar-refractivity contribution is 0.152. The number of urea groups is 1. The Labute approximate surface area is 139 Å². The molecular formula is C17H30N4O2. The Morgan fingerprint density at radius 2 is 2.30 bits per heavy atom. The summed E-state index contributed by atoms with van der Waals surface area (Å²) in [6, 6.07) is 0.0721. The van der Waals surface area contributed by atoms with Crippen LogP contribution in [0.15, 0.2) is 6.20 Å². The molecule has 1 unspecified atom stereocenters. The summed E-state index contributed by atoms with van der Waals surface area (Å²) >= 11 is 0. The van der Waals surface area contributed by atoms with E-state index >= 15 is 0 Å². The molecule has 2 rings (SSSR count). The van der Waals surface area contributed by atoms with Crippen LogP contribution in [0.3, 0.4) is 0 Å². The van der Waals surface area contributed by atoms with Crippen LogP contribution in [-0.2, 0) is 17.9 Å². The number of nitrogens with one attached hydrogen (secondary N) is 1. The molecule has 0 bridgehead atoms. The van der Waals surface area contributed by atoms with E-state index in [4.69, 9.17) is 4.74 Å². The molecule has 0 spiro atoms. The lowest BCUT2D eigenvalue weighted by atomic mass is 9.98. The number of aryl methyl sites for hydroxylation is 1. The Morgan fingerprint density at radius 1 is 1.52 bits per heavy atom. The van der Waals surface area contributed by atoms with Crippen LogP contribution in [-0.4, -0.2) is 47.2 Å². The Hall–Kier alpha value is -1.56. The molecule has 1 fully saturated rings. The fourth-order valence-corrected chi connectivity index (χ4v) is 3.06. The van der Waals surface area contributed by atoms with Gasteiger partial charge in [0.2, 0.25) is 0 Å². The van der Waals surface area contributed by atoms with Crippen LogP contribution in [0.25, 0.3) is 0 Å². The summed E-state index contributed by atoms with van der Waals surface area (Å²) in [6.07, 6.45) is 4.11. The van der Waals surface area contributed by atoms with Gasteiger partial charge in [-0.3, -0.25) is 0 Å². The zero-order valence-electron chi connectivity index (χ0n) is 14.8. The van der Waals surface area contributed by atoms with Crippen molar-refractivity contribution in [2.75, 3.05) is 26.7 Å². The number of methoxy groups -OCH3 is 1. The van der Waals surface area contributed by atoms with Crippen LogP contribution in [0.1, 0.15) is 38.2 Å². The van der Waals surface area contributed by atoms with E-state index in [2.05, 4.69) is 35.6 Å². The van der Waals surface area contributed by atoms with E-state index in [0.717, 1.165) is 50.5 Å². The topological polar surface area (TPSA) is 59.4 Å². The highest BCUT2D eigenvalue weighted by molar-refractivity contribution is 5.74. The number of nitrogens with zero attached hydrogens (tertiary/aromatic N) is 3. The average molecular weight is 322 g/mol. The number of likely N-dealkylation sites (tertiary alicyclic amines) is 1. The van der Waals surface area contributed by atoms with Crippen molar-refractivity contribution in [2.24, 2.45) is 11.8 Å². The van der Waals surface area contributed by atoms with E-state index in [0.29, 0.717) is 18.4 Å². The molecule has 0 saturated carbocycles. The molecule has 1 aliphatic rings. The molecule has 23 heavy (non-hydrogen) atoms. The van der Waals surface area contributed by atoms with Gasteiger partial charge in [-0.25, -0.2) is 9.78 Å². The molecule has 130 valence electrons. The molecule has 0 radical (unpaired) electrons. The maximum atomic E-state index is 12.3. The fourth-order valence-electron chi connectivity index (χ4n) is 3.06. The van der Waals surface area contributed by atoms with Gasteiger partial charge in [0, 0.05) is 45.2 Å². The van der Waals surface area contributed by atoms with Crippen molar-refractivity contribution >= 4 is 6.03 Å². The Balaban J connectivity index is 1.94. The molecule has 2 amide bonds. The van der Waals surface area contributed by atoms with Crippen molar-refractivity contribution in [1.29, 1.82) is 0 Å². The highest BCUT2D eigenvalue weighted by Crippen LogP contribution is 2.20. The van der Waals surface area contributed by atoms with Gasteiger partial charge in [-0.2, -0.15) is 0 Å². The summed E-state index contributed by atoms with van der Waals surface area (Å²) in [5.41, 5.74) is 1.15. The Morgan fingerprint density at radius 3 is 3.00 bits per heavy atom. The number of imidazole rings is 1. The van der Waals surface area contributed by atoms with E-state index in [1.54, 1.807) is 7.11 Å². The molecule has 1 aromatic rings. The van der Waals surface area contributed by atoms with Gasteiger partial charge in [0.1, 0.15) is 12.4 Å². The molecule has 1 saturated heterocycles. The minimum atomic E-state index is 0.0721. The van der Waals surface area contributed by atoms with Gasteiger partial charge < -0.3 is 19.5 Å². The monoisotopic (exact) mass is 322 g/mol. The Kier molecular flexibility index (Phi) is 6.45. The first-order valence-corrected chi connectivity index (χ1v) is 8.54. The number of rotatable bonds is 6. The lowest BCUT2D eigenvalue weighted by Gasteiger charge is -2.33. The van der Waals surface area contributed by atoms with Crippen LogP contribution in [0.2, 0.25) is 0 Å². The van der Waals surface area contributed by atoms with Crippen molar-refractivity contribution < 1.29 is 9.53 Å². The van der Waals surface area contributed by atoms with Crippen molar-refractivity contribution in [2.45, 2.75) is 46.8 Å². The number of carbonyl (C=O) groups excluding carboxylic acids is 1. The number of hydrogen-bond acceptors (Lipinski definition) is 3. The lowest BCUT2D eigenvalue weighted by Crippen LogP contribution is -2.47. The van der Waals surface area contributed by atoms with E-state index in [-0.39, 0.29) is 6.03 Å². The summed E-state index contributed by atoms with van der Waals surface area (Å²) in [5.74, 6) is 1.91. The van der Waals surface area contributed by atoms with Crippen molar-refractivity contribution in [3.8, 4) is 0 Å².